The molecule has 124 valence electrons. The van der Waals surface area contributed by atoms with Gasteiger partial charge in [0.05, 0.1) is 4.90 Å². The number of hydrogen-bond donors (Lipinski definition) is 2. The van der Waals surface area contributed by atoms with Crippen LogP contribution in [-0.4, -0.2) is 19.4 Å². The summed E-state index contributed by atoms with van der Waals surface area (Å²) in [5.74, 6) is -0.281. The van der Waals surface area contributed by atoms with E-state index < -0.39 is 10.0 Å². The van der Waals surface area contributed by atoms with Crippen LogP contribution in [0.1, 0.15) is 17.7 Å². The van der Waals surface area contributed by atoms with Gasteiger partial charge in [0.2, 0.25) is 10.0 Å². The van der Waals surface area contributed by atoms with Gasteiger partial charge in [0.1, 0.15) is 5.82 Å². The van der Waals surface area contributed by atoms with Crippen LogP contribution in [0.15, 0.2) is 53.4 Å². The Bertz CT molecular complexity index is 997. The highest BCUT2D eigenvalue weighted by Crippen LogP contribution is 2.30. The number of benzene rings is 2. The molecule has 0 saturated heterocycles. The fraction of sp³-hybridized carbons (Fsp3) is 0.222. The molecule has 6 heteroatoms. The summed E-state index contributed by atoms with van der Waals surface area (Å²) < 4.78 is 41.3. The number of aromatic amines is 1. The highest BCUT2D eigenvalue weighted by atomic mass is 32.2. The Labute approximate surface area is 139 Å². The van der Waals surface area contributed by atoms with Crippen LogP contribution in [-0.2, 0) is 22.9 Å². The lowest BCUT2D eigenvalue weighted by Crippen LogP contribution is -2.38. The Morgan fingerprint density at radius 3 is 2.71 bits per heavy atom. The van der Waals surface area contributed by atoms with Gasteiger partial charge in [0.25, 0.3) is 0 Å². The van der Waals surface area contributed by atoms with Crippen molar-refractivity contribution in [2.24, 2.45) is 0 Å². The molecule has 0 saturated carbocycles. The monoisotopic (exact) mass is 344 g/mol. The maximum absolute atomic E-state index is 13.5. The van der Waals surface area contributed by atoms with E-state index in [0.29, 0.717) is 12.8 Å². The molecule has 3 aromatic rings. The van der Waals surface area contributed by atoms with Crippen molar-refractivity contribution in [2.45, 2.75) is 30.2 Å². The number of rotatable bonds is 3. The quantitative estimate of drug-likeness (QED) is 0.767. The molecule has 0 radical (unpaired) electrons. The van der Waals surface area contributed by atoms with Crippen LogP contribution in [0.3, 0.4) is 0 Å². The molecule has 1 atom stereocenters. The fourth-order valence-electron chi connectivity index (χ4n) is 3.38. The minimum Gasteiger partial charge on any atom is -0.358 e. The van der Waals surface area contributed by atoms with E-state index in [2.05, 4.69) is 9.71 Å². The fourth-order valence-corrected chi connectivity index (χ4v) is 4.67. The minimum atomic E-state index is -3.54. The van der Waals surface area contributed by atoms with Gasteiger partial charge in [-0.2, -0.15) is 0 Å². The molecule has 1 aliphatic rings. The van der Waals surface area contributed by atoms with E-state index in [1.807, 2.05) is 0 Å². The van der Waals surface area contributed by atoms with Crippen LogP contribution < -0.4 is 4.72 Å². The van der Waals surface area contributed by atoms with Crippen molar-refractivity contribution in [3.63, 3.8) is 0 Å². The summed E-state index contributed by atoms with van der Waals surface area (Å²) in [7, 11) is -3.54. The average Bonchev–Trinajstić information content (AvgIpc) is 2.93. The third kappa shape index (κ3) is 2.72. The number of fused-ring (bicyclic) bond motifs is 3. The number of hydrogen-bond acceptors (Lipinski definition) is 2. The van der Waals surface area contributed by atoms with Crippen molar-refractivity contribution < 1.29 is 12.8 Å². The van der Waals surface area contributed by atoms with Gasteiger partial charge in [0, 0.05) is 22.6 Å². The zero-order chi connectivity index (χ0) is 16.7. The van der Waals surface area contributed by atoms with Crippen molar-refractivity contribution in [1.82, 2.24) is 9.71 Å². The van der Waals surface area contributed by atoms with Crippen LogP contribution in [0.5, 0.6) is 0 Å². The Morgan fingerprint density at radius 1 is 1.12 bits per heavy atom. The first kappa shape index (κ1) is 15.4. The summed E-state index contributed by atoms with van der Waals surface area (Å²) in [6, 6.07) is 12.8. The molecule has 0 spiro atoms. The molecule has 24 heavy (non-hydrogen) atoms. The second-order valence-electron chi connectivity index (χ2n) is 6.15. The number of H-pyrrole nitrogens is 1. The highest BCUT2D eigenvalue weighted by molar-refractivity contribution is 7.89. The number of halogens is 1. The smallest absolute Gasteiger partial charge is 0.240 e. The lowest BCUT2D eigenvalue weighted by atomic mass is 9.92. The molecule has 1 aliphatic carbocycles. The summed E-state index contributed by atoms with van der Waals surface area (Å²) >= 11 is 0. The molecule has 0 fully saturated rings. The topological polar surface area (TPSA) is 62.0 Å². The number of nitrogens with one attached hydrogen (secondary N) is 2. The van der Waals surface area contributed by atoms with Crippen molar-refractivity contribution in [2.75, 3.05) is 0 Å². The van der Waals surface area contributed by atoms with Gasteiger partial charge >= 0.3 is 0 Å². The SMILES string of the molecule is O=S(=O)(NC1CCc2[nH]c3ccc(F)cc3c2C1)c1ccccc1. The predicted octanol–water partition coefficient (Wildman–Crippen LogP) is 3.14. The molecule has 1 unspecified atom stereocenters. The van der Waals surface area contributed by atoms with E-state index in [-0.39, 0.29) is 16.8 Å². The lowest BCUT2D eigenvalue weighted by molar-refractivity contribution is 0.506. The molecule has 4 rings (SSSR count). The molecule has 0 aliphatic heterocycles. The predicted molar refractivity (Wildman–Crippen MR) is 90.8 cm³/mol. The van der Waals surface area contributed by atoms with Gasteiger partial charge in [0.15, 0.2) is 0 Å². The molecule has 1 heterocycles. The Morgan fingerprint density at radius 2 is 1.92 bits per heavy atom. The second kappa shape index (κ2) is 5.72. The van der Waals surface area contributed by atoms with E-state index >= 15 is 0 Å². The largest absolute Gasteiger partial charge is 0.358 e. The first-order valence-electron chi connectivity index (χ1n) is 7.89. The van der Waals surface area contributed by atoms with E-state index in [0.717, 1.165) is 28.6 Å². The van der Waals surface area contributed by atoms with Gasteiger partial charge in [-0.1, -0.05) is 18.2 Å². The maximum atomic E-state index is 13.5. The third-order valence-electron chi connectivity index (χ3n) is 4.53. The molecule has 0 bridgehead atoms. The Hall–Kier alpha value is -2.18. The molecule has 2 aromatic carbocycles. The van der Waals surface area contributed by atoms with Crippen LogP contribution in [0.25, 0.3) is 10.9 Å². The van der Waals surface area contributed by atoms with Crippen LogP contribution >= 0.6 is 0 Å². The summed E-state index contributed by atoms with van der Waals surface area (Å²) in [5.41, 5.74) is 2.98. The summed E-state index contributed by atoms with van der Waals surface area (Å²) in [4.78, 5) is 3.58. The van der Waals surface area contributed by atoms with Gasteiger partial charge in [-0.25, -0.2) is 17.5 Å². The maximum Gasteiger partial charge on any atom is 0.240 e. The molecule has 4 nitrogen and oxygen atoms in total. The molecule has 2 N–H and O–H groups in total. The van der Waals surface area contributed by atoms with E-state index in [4.69, 9.17) is 0 Å². The lowest BCUT2D eigenvalue weighted by Gasteiger charge is -2.23. The molecular weight excluding hydrogens is 327 g/mol. The van der Waals surface area contributed by atoms with Crippen molar-refractivity contribution in [1.29, 1.82) is 0 Å². The van der Waals surface area contributed by atoms with Crippen LogP contribution in [0.4, 0.5) is 4.39 Å². The number of aryl methyl sites for hydroxylation is 1. The standard InChI is InChI=1S/C18H17FN2O2S/c19-12-6-8-17-15(10-12)16-11-13(7-9-18(16)20-17)21-24(22,23)14-4-2-1-3-5-14/h1-6,8,10,13,20-21H,7,9,11H2. The Kier molecular flexibility index (Phi) is 3.66. The van der Waals surface area contributed by atoms with Gasteiger partial charge in [-0.3, -0.25) is 0 Å². The first-order valence-corrected chi connectivity index (χ1v) is 9.37. The van der Waals surface area contributed by atoms with Gasteiger partial charge < -0.3 is 4.98 Å². The zero-order valence-corrected chi connectivity index (χ0v) is 13.7. The van der Waals surface area contributed by atoms with Crippen LogP contribution in [0.2, 0.25) is 0 Å². The molecule has 1 aromatic heterocycles. The average molecular weight is 344 g/mol. The van der Waals surface area contributed by atoms with E-state index in [1.54, 1.807) is 36.4 Å². The van der Waals surface area contributed by atoms with Crippen molar-refractivity contribution >= 4 is 20.9 Å². The number of aromatic nitrogens is 1. The van der Waals surface area contributed by atoms with Gasteiger partial charge in [-0.15, -0.1) is 0 Å². The van der Waals surface area contributed by atoms with E-state index in [9.17, 15) is 12.8 Å². The zero-order valence-electron chi connectivity index (χ0n) is 12.9. The van der Waals surface area contributed by atoms with Crippen molar-refractivity contribution in [3.8, 4) is 0 Å². The van der Waals surface area contributed by atoms with Gasteiger partial charge in [-0.05, 0) is 55.2 Å². The van der Waals surface area contributed by atoms with E-state index in [1.165, 1.54) is 12.1 Å². The molecular formula is C18H17FN2O2S. The summed E-state index contributed by atoms with van der Waals surface area (Å²) in [6.45, 7) is 0. The first-order chi connectivity index (χ1) is 11.5. The Balaban J connectivity index is 1.62. The third-order valence-corrected chi connectivity index (χ3v) is 6.06. The summed E-state index contributed by atoms with van der Waals surface area (Å²) in [5, 5.41) is 0.841. The highest BCUT2D eigenvalue weighted by Gasteiger charge is 2.26. The molecule has 0 amide bonds. The minimum absolute atomic E-state index is 0.190. The van der Waals surface area contributed by atoms with Crippen molar-refractivity contribution in [3.05, 3.63) is 65.6 Å². The summed E-state index contributed by atoms with van der Waals surface area (Å²) in [6.07, 6.45) is 2.02. The normalized spacial score (nSPS) is 17.8. The number of sulfonamides is 1. The second-order valence-corrected chi connectivity index (χ2v) is 7.86. The van der Waals surface area contributed by atoms with Crippen LogP contribution in [0, 0.1) is 5.82 Å².